The summed E-state index contributed by atoms with van der Waals surface area (Å²) < 4.78 is 12.5. The van der Waals surface area contributed by atoms with Crippen LogP contribution in [0.4, 0.5) is 5.69 Å². The highest BCUT2D eigenvalue weighted by atomic mass is 32.2. The van der Waals surface area contributed by atoms with E-state index < -0.39 is 0 Å². The summed E-state index contributed by atoms with van der Waals surface area (Å²) in [5.41, 5.74) is 5.67. The van der Waals surface area contributed by atoms with Crippen LogP contribution in [0.3, 0.4) is 0 Å². The number of methoxy groups -OCH3 is 2. The lowest BCUT2D eigenvalue weighted by Gasteiger charge is -2.29. The first kappa shape index (κ1) is 28.2. The predicted molar refractivity (Wildman–Crippen MR) is 159 cm³/mol. The van der Waals surface area contributed by atoms with Crippen molar-refractivity contribution < 1.29 is 19.1 Å². The lowest BCUT2D eigenvalue weighted by atomic mass is 10.0. The van der Waals surface area contributed by atoms with Crippen LogP contribution in [0.15, 0.2) is 65.8 Å². The van der Waals surface area contributed by atoms with Crippen LogP contribution < -0.4 is 19.7 Å². The number of nitrogens with zero attached hydrogens (tertiary/aromatic N) is 4. The van der Waals surface area contributed by atoms with Crippen molar-refractivity contribution in [2.24, 2.45) is 0 Å². The molecule has 2 amide bonds. The molecule has 212 valence electrons. The smallest absolute Gasteiger partial charge is 0.251 e. The minimum atomic E-state index is -0.300. The lowest BCUT2D eigenvalue weighted by molar-refractivity contribution is -0.116. The number of thioether (sulfide) groups is 1. The quantitative estimate of drug-likeness (QED) is 0.285. The number of benzene rings is 3. The van der Waals surface area contributed by atoms with Gasteiger partial charge >= 0.3 is 0 Å². The highest BCUT2D eigenvalue weighted by molar-refractivity contribution is 7.99. The Bertz CT molecular complexity index is 1560. The molecular weight excluding hydrogens is 538 g/mol. The van der Waals surface area contributed by atoms with Crippen LogP contribution >= 0.6 is 11.8 Å². The van der Waals surface area contributed by atoms with Crippen molar-refractivity contribution in [1.82, 2.24) is 20.1 Å². The summed E-state index contributed by atoms with van der Waals surface area (Å²) in [5, 5.41) is 12.4. The zero-order chi connectivity index (χ0) is 28.9. The van der Waals surface area contributed by atoms with Crippen LogP contribution in [-0.4, -0.2) is 53.1 Å². The van der Waals surface area contributed by atoms with Gasteiger partial charge in [0.15, 0.2) is 11.0 Å². The second kappa shape index (κ2) is 12.5. The zero-order valence-corrected chi connectivity index (χ0v) is 24.5. The summed E-state index contributed by atoms with van der Waals surface area (Å²) in [6.07, 6.45) is 1.92. The number of fused-ring (bicyclic) bond motifs is 1. The summed E-state index contributed by atoms with van der Waals surface area (Å²) in [7, 11) is 3.08. The molecule has 3 aromatic carbocycles. The van der Waals surface area contributed by atoms with Crippen molar-refractivity contribution in [2.45, 2.75) is 38.4 Å². The molecule has 9 nitrogen and oxygen atoms in total. The Balaban J connectivity index is 1.39. The van der Waals surface area contributed by atoms with Crippen LogP contribution in [-0.2, 0) is 17.8 Å². The molecule has 0 aliphatic carbocycles. The van der Waals surface area contributed by atoms with E-state index in [9.17, 15) is 9.59 Å². The van der Waals surface area contributed by atoms with Gasteiger partial charge in [-0.25, -0.2) is 0 Å². The van der Waals surface area contributed by atoms with E-state index in [1.165, 1.54) is 31.5 Å². The normalized spacial score (nSPS) is 12.5. The van der Waals surface area contributed by atoms with Gasteiger partial charge in [-0.3, -0.25) is 14.2 Å². The molecule has 1 aliphatic rings. The molecule has 1 N–H and O–H groups in total. The zero-order valence-electron chi connectivity index (χ0n) is 23.6. The second-order valence-corrected chi connectivity index (χ2v) is 10.7. The number of aryl methyl sites for hydroxylation is 2. The van der Waals surface area contributed by atoms with Gasteiger partial charge in [-0.1, -0.05) is 42.1 Å². The Morgan fingerprint density at radius 3 is 2.44 bits per heavy atom. The average Bonchev–Trinajstić information content (AvgIpc) is 3.41. The second-order valence-electron chi connectivity index (χ2n) is 9.80. The van der Waals surface area contributed by atoms with E-state index in [0.29, 0.717) is 34.6 Å². The largest absolute Gasteiger partial charge is 0.497 e. The first-order chi connectivity index (χ1) is 19.9. The van der Waals surface area contributed by atoms with E-state index in [-0.39, 0.29) is 24.1 Å². The Kier molecular flexibility index (Phi) is 8.58. The van der Waals surface area contributed by atoms with Crippen LogP contribution in [0, 0.1) is 13.8 Å². The Morgan fingerprint density at radius 2 is 1.68 bits per heavy atom. The number of carbonyl (C=O) groups is 2. The molecule has 1 aliphatic heterocycles. The molecule has 0 spiro atoms. The highest BCUT2D eigenvalue weighted by Crippen LogP contribution is 2.30. The van der Waals surface area contributed by atoms with Gasteiger partial charge in [0.1, 0.15) is 11.5 Å². The van der Waals surface area contributed by atoms with E-state index >= 15 is 0 Å². The van der Waals surface area contributed by atoms with Crippen molar-refractivity contribution in [1.29, 1.82) is 0 Å². The van der Waals surface area contributed by atoms with E-state index in [0.717, 1.165) is 35.3 Å². The Morgan fingerprint density at radius 1 is 0.951 bits per heavy atom. The SMILES string of the molecule is COc1cc(OC)cc(C(=O)NCc2nnc(SCC(=O)N3CCCc4ccccc43)n2-c2cccc(C)c2C)c1. The van der Waals surface area contributed by atoms with E-state index in [1.54, 1.807) is 18.2 Å². The van der Waals surface area contributed by atoms with Crippen molar-refractivity contribution in [2.75, 3.05) is 31.4 Å². The van der Waals surface area contributed by atoms with E-state index in [2.05, 4.69) is 21.6 Å². The number of carbonyl (C=O) groups excluding carboxylic acids is 2. The predicted octanol–water partition coefficient (Wildman–Crippen LogP) is 4.90. The summed E-state index contributed by atoms with van der Waals surface area (Å²) in [4.78, 5) is 28.3. The molecule has 0 radical (unpaired) electrons. The third-order valence-corrected chi connectivity index (χ3v) is 8.19. The van der Waals surface area contributed by atoms with Gasteiger partial charge in [0.05, 0.1) is 32.2 Å². The molecular formula is C31H33N5O4S. The number of para-hydroxylation sites is 1. The summed E-state index contributed by atoms with van der Waals surface area (Å²) in [6, 6.07) is 19.1. The number of ether oxygens (including phenoxy) is 2. The molecule has 2 heterocycles. The number of amides is 2. The molecule has 4 aromatic rings. The molecule has 10 heteroatoms. The van der Waals surface area contributed by atoms with E-state index in [1.807, 2.05) is 59.7 Å². The maximum absolute atomic E-state index is 13.4. The van der Waals surface area contributed by atoms with Crippen LogP contribution in [0.5, 0.6) is 11.5 Å². The number of hydrogen-bond acceptors (Lipinski definition) is 7. The van der Waals surface area contributed by atoms with Crippen LogP contribution in [0.1, 0.15) is 39.3 Å². The number of rotatable bonds is 9. The fourth-order valence-corrected chi connectivity index (χ4v) is 5.76. The van der Waals surface area contributed by atoms with Gasteiger partial charge < -0.3 is 19.7 Å². The van der Waals surface area contributed by atoms with Crippen LogP contribution in [0.2, 0.25) is 0 Å². The molecule has 0 unspecified atom stereocenters. The number of nitrogens with one attached hydrogen (secondary N) is 1. The molecule has 0 saturated heterocycles. The van der Waals surface area contributed by atoms with Gasteiger partial charge in [0.25, 0.3) is 5.91 Å². The van der Waals surface area contributed by atoms with Crippen LogP contribution in [0.25, 0.3) is 5.69 Å². The van der Waals surface area contributed by atoms with Crippen molar-refractivity contribution in [3.63, 3.8) is 0 Å². The standard InChI is InChI=1S/C31H33N5O4S/c1-20-9-7-13-26(21(20)2)36-28(18-32-30(38)23-15-24(39-3)17-25(16-23)40-4)33-34-31(36)41-19-29(37)35-14-8-11-22-10-5-6-12-27(22)35/h5-7,9-10,12-13,15-17H,8,11,14,18-19H2,1-4H3,(H,32,38). The topological polar surface area (TPSA) is 98.6 Å². The molecule has 0 saturated carbocycles. The number of hydrogen-bond donors (Lipinski definition) is 1. The molecule has 0 bridgehead atoms. The third kappa shape index (κ3) is 6.07. The molecule has 1 aromatic heterocycles. The maximum atomic E-state index is 13.4. The van der Waals surface area contributed by atoms with Gasteiger partial charge in [0, 0.05) is 23.9 Å². The number of aromatic nitrogens is 3. The van der Waals surface area contributed by atoms with Crippen molar-refractivity contribution in [3.05, 3.63) is 88.7 Å². The highest BCUT2D eigenvalue weighted by Gasteiger charge is 2.24. The fraction of sp³-hybridized carbons (Fsp3) is 0.290. The monoisotopic (exact) mass is 571 g/mol. The lowest BCUT2D eigenvalue weighted by Crippen LogP contribution is -2.36. The molecule has 0 atom stereocenters. The molecule has 41 heavy (non-hydrogen) atoms. The van der Waals surface area contributed by atoms with E-state index in [4.69, 9.17) is 9.47 Å². The third-order valence-electron chi connectivity index (χ3n) is 7.27. The van der Waals surface area contributed by atoms with Gasteiger partial charge in [-0.2, -0.15) is 0 Å². The average molecular weight is 572 g/mol. The van der Waals surface area contributed by atoms with Gasteiger partial charge in [-0.15, -0.1) is 10.2 Å². The van der Waals surface area contributed by atoms with Crippen molar-refractivity contribution >= 4 is 29.3 Å². The first-order valence-electron chi connectivity index (χ1n) is 13.4. The summed E-state index contributed by atoms with van der Waals surface area (Å²) in [5.74, 6) is 1.54. The summed E-state index contributed by atoms with van der Waals surface area (Å²) in [6.45, 7) is 4.92. The Labute approximate surface area is 243 Å². The Hall–Kier alpha value is -4.31. The van der Waals surface area contributed by atoms with Gasteiger partial charge in [-0.05, 0) is 67.6 Å². The van der Waals surface area contributed by atoms with Gasteiger partial charge in [0.2, 0.25) is 5.91 Å². The molecule has 0 fully saturated rings. The minimum Gasteiger partial charge on any atom is -0.497 e. The maximum Gasteiger partial charge on any atom is 0.251 e. The van der Waals surface area contributed by atoms with Crippen molar-refractivity contribution in [3.8, 4) is 17.2 Å². The first-order valence-corrected chi connectivity index (χ1v) is 14.4. The summed E-state index contributed by atoms with van der Waals surface area (Å²) >= 11 is 1.35. The number of anilines is 1. The minimum absolute atomic E-state index is 0.0273. The molecule has 5 rings (SSSR count). The fourth-order valence-electron chi connectivity index (χ4n) is 4.92.